The van der Waals surface area contributed by atoms with Crippen LogP contribution < -0.4 is 10.1 Å². The number of pyridine rings is 1. The first-order chi connectivity index (χ1) is 27.4. The number of hydrogen-bond acceptors (Lipinski definition) is 11. The molecule has 2 fully saturated rings. The smallest absolute Gasteiger partial charge is 0.387 e. The first-order valence-electron chi connectivity index (χ1n) is 18.6. The van der Waals surface area contributed by atoms with Crippen molar-refractivity contribution in [3.63, 3.8) is 0 Å². The SMILES string of the molecule is Cc1c(Nc2nc(C(F)F)nc3cc(CN4CCC(O)C4)cnc23)cccc1-c1cccc(-c2nc3cc(CN4CCC[C@H]4C(=O)O)c(OC(F)F)cc3o2)c1C. The molecule has 57 heavy (non-hydrogen) atoms. The van der Waals surface area contributed by atoms with Crippen molar-refractivity contribution in [2.45, 2.75) is 71.4 Å². The van der Waals surface area contributed by atoms with Crippen LogP contribution in [-0.4, -0.2) is 84.3 Å². The van der Waals surface area contributed by atoms with E-state index in [1.807, 2.05) is 50.2 Å². The van der Waals surface area contributed by atoms with Crippen molar-refractivity contribution in [1.82, 2.24) is 29.7 Å². The number of nitrogens with one attached hydrogen (secondary N) is 1. The summed E-state index contributed by atoms with van der Waals surface area (Å²) in [4.78, 5) is 33.2. The Morgan fingerprint density at radius 1 is 0.947 bits per heavy atom. The molecule has 6 aromatic rings. The Labute approximate surface area is 324 Å². The Hall–Kier alpha value is -5.71. The van der Waals surface area contributed by atoms with Crippen molar-refractivity contribution in [2.24, 2.45) is 0 Å². The molecule has 2 aliphatic heterocycles. The molecule has 3 aromatic carbocycles. The van der Waals surface area contributed by atoms with Crippen molar-refractivity contribution in [2.75, 3.05) is 25.0 Å². The Morgan fingerprint density at radius 3 is 2.46 bits per heavy atom. The zero-order valence-corrected chi connectivity index (χ0v) is 31.1. The third-order valence-corrected chi connectivity index (χ3v) is 10.7. The van der Waals surface area contributed by atoms with Gasteiger partial charge in [0.15, 0.2) is 17.2 Å². The summed E-state index contributed by atoms with van der Waals surface area (Å²) >= 11 is 0. The normalized spacial score (nSPS) is 17.8. The van der Waals surface area contributed by atoms with E-state index >= 15 is 0 Å². The second kappa shape index (κ2) is 15.7. The van der Waals surface area contributed by atoms with Crippen LogP contribution in [-0.2, 0) is 17.9 Å². The van der Waals surface area contributed by atoms with Gasteiger partial charge in [0, 0.05) is 55.3 Å². The monoisotopic (exact) mass is 785 g/mol. The van der Waals surface area contributed by atoms with Gasteiger partial charge in [0.1, 0.15) is 22.8 Å². The maximum absolute atomic E-state index is 14.1. The molecule has 0 radical (unpaired) electrons. The maximum Gasteiger partial charge on any atom is 0.387 e. The van der Waals surface area contributed by atoms with E-state index in [0.717, 1.165) is 34.4 Å². The number of benzene rings is 3. The number of nitrogens with zero attached hydrogens (tertiary/aromatic N) is 6. The van der Waals surface area contributed by atoms with E-state index < -0.39 is 37.0 Å². The van der Waals surface area contributed by atoms with Crippen LogP contribution in [0.3, 0.4) is 0 Å². The standard InChI is InChI=1S/C41H39F4N7O5/c1-21-26(6-3-8-28(21)39-49-30-15-24(19-52-12-5-10-32(52)40(54)55)33(57-41(44)45)16-34(30)56-39)27-7-4-9-29(22(27)2)47-37-35-31(48-38(50-37)36(42)43)14-23(17-46-35)18-51-13-11-25(53)20-51/h3-4,6-9,14-17,25,32,36,41,53H,5,10-13,18-20H2,1-2H3,(H,54,55)(H,47,48,50)/t25?,32-/m0/s1. The molecule has 0 saturated carbocycles. The fraction of sp³-hybridized carbons (Fsp3) is 0.341. The quantitative estimate of drug-likeness (QED) is 0.103. The third kappa shape index (κ3) is 7.84. The van der Waals surface area contributed by atoms with Crippen LogP contribution in [0.2, 0.25) is 0 Å². The van der Waals surface area contributed by atoms with Gasteiger partial charge >= 0.3 is 12.6 Å². The molecule has 3 N–H and O–H groups in total. The van der Waals surface area contributed by atoms with Gasteiger partial charge in [-0.3, -0.25) is 19.6 Å². The minimum atomic E-state index is -3.10. The van der Waals surface area contributed by atoms with Crippen molar-refractivity contribution >= 4 is 39.6 Å². The average Bonchev–Trinajstić information content (AvgIpc) is 3.92. The van der Waals surface area contributed by atoms with E-state index in [0.29, 0.717) is 66.7 Å². The highest BCUT2D eigenvalue weighted by Crippen LogP contribution is 2.39. The van der Waals surface area contributed by atoms with Crippen LogP contribution in [0.25, 0.3) is 44.7 Å². The Balaban J connectivity index is 1.11. The van der Waals surface area contributed by atoms with Gasteiger partial charge in [-0.25, -0.2) is 23.7 Å². The highest BCUT2D eigenvalue weighted by molar-refractivity contribution is 5.89. The van der Waals surface area contributed by atoms with E-state index in [2.05, 4.69) is 25.2 Å². The number of oxazole rings is 1. The van der Waals surface area contributed by atoms with E-state index in [-0.39, 0.29) is 35.1 Å². The molecule has 2 atom stereocenters. The molecule has 8 rings (SSSR count). The van der Waals surface area contributed by atoms with Gasteiger partial charge in [0.05, 0.1) is 11.6 Å². The van der Waals surface area contributed by atoms with Gasteiger partial charge in [0.25, 0.3) is 6.43 Å². The van der Waals surface area contributed by atoms with Crippen LogP contribution in [0.15, 0.2) is 65.2 Å². The summed E-state index contributed by atoms with van der Waals surface area (Å²) in [7, 11) is 0. The molecule has 1 unspecified atom stereocenters. The Kier molecular flexibility index (Phi) is 10.5. The number of aliphatic carboxylic acids is 1. The van der Waals surface area contributed by atoms with E-state index in [9.17, 15) is 32.6 Å². The predicted molar refractivity (Wildman–Crippen MR) is 204 cm³/mol. The van der Waals surface area contributed by atoms with Gasteiger partial charge in [-0.2, -0.15) is 8.78 Å². The second-order valence-electron chi connectivity index (χ2n) is 14.5. The summed E-state index contributed by atoms with van der Waals surface area (Å²) in [5.41, 5.74) is 6.92. The van der Waals surface area contributed by atoms with Gasteiger partial charge in [-0.15, -0.1) is 0 Å². The zero-order chi connectivity index (χ0) is 40.0. The average molecular weight is 786 g/mol. The van der Waals surface area contributed by atoms with Crippen molar-refractivity contribution in [3.05, 3.63) is 88.9 Å². The summed E-state index contributed by atoms with van der Waals surface area (Å²) in [6.07, 6.45) is 0.176. The molecular formula is C41H39F4N7O5. The topological polar surface area (TPSA) is 150 Å². The maximum atomic E-state index is 14.1. The number of hydrogen-bond donors (Lipinski definition) is 3. The number of ether oxygens (including phenoxy) is 1. The summed E-state index contributed by atoms with van der Waals surface area (Å²) in [5, 5.41) is 22.8. The Bertz CT molecular complexity index is 2480. The predicted octanol–water partition coefficient (Wildman–Crippen LogP) is 8.02. The van der Waals surface area contributed by atoms with E-state index in [1.165, 1.54) is 6.07 Å². The lowest BCUT2D eigenvalue weighted by molar-refractivity contribution is -0.142. The van der Waals surface area contributed by atoms with Gasteiger partial charge < -0.3 is 24.7 Å². The van der Waals surface area contributed by atoms with Crippen LogP contribution in [0, 0.1) is 13.8 Å². The first kappa shape index (κ1) is 38.2. The number of aliphatic hydroxyl groups excluding tert-OH is 1. The molecule has 2 saturated heterocycles. The number of aliphatic hydroxyl groups is 1. The molecule has 296 valence electrons. The minimum Gasteiger partial charge on any atom is -0.480 e. The van der Waals surface area contributed by atoms with Crippen LogP contribution in [0.5, 0.6) is 5.75 Å². The first-order valence-corrected chi connectivity index (χ1v) is 18.6. The summed E-state index contributed by atoms with van der Waals surface area (Å²) in [5.74, 6) is -1.33. The molecule has 2 aliphatic rings. The molecule has 0 amide bonds. The van der Waals surface area contributed by atoms with Gasteiger partial charge in [-0.05, 0) is 91.7 Å². The fourth-order valence-corrected chi connectivity index (χ4v) is 7.87. The third-order valence-electron chi connectivity index (χ3n) is 10.7. The number of halogens is 4. The van der Waals surface area contributed by atoms with E-state index in [1.54, 1.807) is 23.2 Å². The molecule has 0 spiro atoms. The lowest BCUT2D eigenvalue weighted by Crippen LogP contribution is -2.35. The van der Waals surface area contributed by atoms with Crippen molar-refractivity contribution < 1.29 is 41.7 Å². The lowest BCUT2D eigenvalue weighted by atomic mass is 9.93. The van der Waals surface area contributed by atoms with Gasteiger partial charge in [0.2, 0.25) is 5.89 Å². The summed E-state index contributed by atoms with van der Waals surface area (Å²) in [6, 6.07) is 15.2. The number of anilines is 2. The molecule has 0 bridgehead atoms. The van der Waals surface area contributed by atoms with Crippen LogP contribution in [0.4, 0.5) is 29.1 Å². The molecule has 12 nitrogen and oxygen atoms in total. The number of carbonyl (C=O) groups is 1. The zero-order valence-electron chi connectivity index (χ0n) is 31.1. The summed E-state index contributed by atoms with van der Waals surface area (Å²) in [6.45, 7) is 3.06. The lowest BCUT2D eigenvalue weighted by Gasteiger charge is -2.22. The molecule has 0 aliphatic carbocycles. The molecule has 16 heteroatoms. The van der Waals surface area contributed by atoms with E-state index in [4.69, 9.17) is 14.1 Å². The fourth-order valence-electron chi connectivity index (χ4n) is 7.87. The Morgan fingerprint density at radius 2 is 1.72 bits per heavy atom. The minimum absolute atomic E-state index is 0.0885. The number of rotatable bonds is 12. The number of fused-ring (bicyclic) bond motifs is 2. The number of carboxylic acid groups (broad SMARTS) is 1. The number of carboxylic acids is 1. The second-order valence-corrected chi connectivity index (χ2v) is 14.5. The largest absolute Gasteiger partial charge is 0.480 e. The number of alkyl halides is 4. The van der Waals surface area contributed by atoms with Crippen molar-refractivity contribution in [3.8, 4) is 28.3 Å². The number of aromatic nitrogens is 4. The summed E-state index contributed by atoms with van der Waals surface area (Å²) < 4.78 is 66.2. The highest BCUT2D eigenvalue weighted by Gasteiger charge is 2.32. The molecule has 5 heterocycles. The number of likely N-dealkylation sites (tertiary alicyclic amines) is 2. The molecular weight excluding hydrogens is 746 g/mol. The molecule has 3 aromatic heterocycles. The van der Waals surface area contributed by atoms with Crippen molar-refractivity contribution in [1.29, 1.82) is 0 Å². The number of β-amino-alcohol motifs (C(OH)–C–C–N with tert-alkyl or cyclic N) is 1. The highest BCUT2D eigenvalue weighted by atomic mass is 19.3. The van der Waals surface area contributed by atoms with Gasteiger partial charge in [-0.1, -0.05) is 24.3 Å². The van der Waals surface area contributed by atoms with Crippen LogP contribution >= 0.6 is 0 Å². The van der Waals surface area contributed by atoms with Crippen LogP contribution in [0.1, 0.15) is 53.8 Å².